The van der Waals surface area contributed by atoms with Crippen LogP contribution in [0.25, 0.3) is 0 Å². The molecule has 94 valence electrons. The minimum atomic E-state index is -1.56. The predicted molar refractivity (Wildman–Crippen MR) is 56.0 cm³/mol. The number of esters is 2. The maximum atomic E-state index is 11.6. The van der Waals surface area contributed by atoms with E-state index in [0.717, 1.165) is 0 Å². The molecule has 0 aromatic heterocycles. The first-order valence-electron chi connectivity index (χ1n) is 5.10. The van der Waals surface area contributed by atoms with Crippen molar-refractivity contribution in [3.63, 3.8) is 0 Å². The Hall–Kier alpha value is -1.85. The molecule has 0 heterocycles. The van der Waals surface area contributed by atoms with Crippen LogP contribution < -0.4 is 0 Å². The summed E-state index contributed by atoms with van der Waals surface area (Å²) < 4.78 is 9.43. The van der Waals surface area contributed by atoms with E-state index in [9.17, 15) is 14.4 Å². The number of ether oxygens (including phenoxy) is 2. The average molecular weight is 242 g/mol. The van der Waals surface area contributed by atoms with Gasteiger partial charge in [0.05, 0.1) is 6.61 Å². The summed E-state index contributed by atoms with van der Waals surface area (Å²) in [6.07, 6.45) is 1.49. The Balaban J connectivity index is 2.62. The van der Waals surface area contributed by atoms with Gasteiger partial charge in [0.1, 0.15) is 6.61 Å². The minimum Gasteiger partial charge on any atom is -0.480 e. The zero-order valence-corrected chi connectivity index (χ0v) is 9.47. The summed E-state index contributed by atoms with van der Waals surface area (Å²) in [6, 6.07) is 0. The second-order valence-corrected chi connectivity index (χ2v) is 3.87. The summed E-state index contributed by atoms with van der Waals surface area (Å²) in [5, 5.41) is 9.04. The van der Waals surface area contributed by atoms with Gasteiger partial charge in [-0.1, -0.05) is 12.7 Å². The van der Waals surface area contributed by atoms with Crippen LogP contribution in [0.15, 0.2) is 12.7 Å². The van der Waals surface area contributed by atoms with Crippen LogP contribution in [0, 0.1) is 11.3 Å². The summed E-state index contributed by atoms with van der Waals surface area (Å²) in [5.41, 5.74) is -1.56. The molecule has 0 bridgehead atoms. The Labute approximate surface area is 98.2 Å². The number of carboxylic acid groups (broad SMARTS) is 1. The number of hydrogen-bond donors (Lipinski definition) is 1. The fraction of sp³-hybridized carbons (Fsp3) is 0.545. The Kier molecular flexibility index (Phi) is 3.88. The molecule has 1 rings (SSSR count). The summed E-state index contributed by atoms with van der Waals surface area (Å²) in [4.78, 5) is 33.3. The third-order valence-corrected chi connectivity index (χ3v) is 2.67. The number of carbonyl (C=O) groups excluding carboxylic acids is 2. The Bertz CT molecular complexity index is 361. The molecule has 0 saturated heterocycles. The van der Waals surface area contributed by atoms with E-state index in [1.165, 1.54) is 13.0 Å². The third-order valence-electron chi connectivity index (χ3n) is 2.67. The highest BCUT2D eigenvalue weighted by Crippen LogP contribution is 2.53. The smallest absolute Gasteiger partial charge is 0.324 e. The van der Waals surface area contributed by atoms with Crippen LogP contribution in [0.5, 0.6) is 0 Å². The molecule has 6 nitrogen and oxygen atoms in total. The molecule has 0 radical (unpaired) electrons. The fourth-order valence-electron chi connectivity index (χ4n) is 1.61. The van der Waals surface area contributed by atoms with Crippen LogP contribution in [0.4, 0.5) is 0 Å². The molecule has 0 aromatic carbocycles. The molecule has 17 heavy (non-hydrogen) atoms. The normalized spacial score (nSPS) is 25.8. The van der Waals surface area contributed by atoms with Gasteiger partial charge in [-0.2, -0.15) is 0 Å². The molecule has 1 aliphatic carbocycles. The molecule has 1 aliphatic rings. The second-order valence-electron chi connectivity index (χ2n) is 3.87. The molecule has 2 atom stereocenters. The van der Waals surface area contributed by atoms with Crippen molar-refractivity contribution in [3.05, 3.63) is 12.7 Å². The molecule has 0 aliphatic heterocycles. The highest BCUT2D eigenvalue weighted by Gasteiger charge is 2.68. The van der Waals surface area contributed by atoms with Crippen LogP contribution in [-0.4, -0.2) is 36.2 Å². The number of carboxylic acids is 1. The molecule has 1 saturated carbocycles. The first kappa shape index (κ1) is 13.2. The van der Waals surface area contributed by atoms with Crippen LogP contribution in [0.3, 0.4) is 0 Å². The van der Waals surface area contributed by atoms with Gasteiger partial charge in [-0.3, -0.25) is 14.4 Å². The van der Waals surface area contributed by atoms with Crippen molar-refractivity contribution in [3.8, 4) is 0 Å². The Morgan fingerprint density at radius 1 is 1.47 bits per heavy atom. The Morgan fingerprint density at radius 2 is 2.12 bits per heavy atom. The van der Waals surface area contributed by atoms with Gasteiger partial charge >= 0.3 is 17.9 Å². The van der Waals surface area contributed by atoms with Gasteiger partial charge in [0.25, 0.3) is 0 Å². The van der Waals surface area contributed by atoms with E-state index in [1.807, 2.05) is 0 Å². The van der Waals surface area contributed by atoms with Crippen molar-refractivity contribution < 1.29 is 29.0 Å². The quantitative estimate of drug-likeness (QED) is 0.411. The zero-order valence-electron chi connectivity index (χ0n) is 9.47. The van der Waals surface area contributed by atoms with E-state index < -0.39 is 29.2 Å². The number of carbonyl (C=O) groups is 3. The second kappa shape index (κ2) is 4.99. The van der Waals surface area contributed by atoms with Gasteiger partial charge in [-0.25, -0.2) is 0 Å². The van der Waals surface area contributed by atoms with E-state index in [0.29, 0.717) is 0 Å². The molecule has 0 unspecified atom stereocenters. The fourth-order valence-corrected chi connectivity index (χ4v) is 1.61. The minimum absolute atomic E-state index is 0.0336. The molecule has 0 aromatic rings. The molecule has 0 amide bonds. The van der Waals surface area contributed by atoms with Gasteiger partial charge in [-0.15, -0.1) is 0 Å². The zero-order chi connectivity index (χ0) is 13.1. The van der Waals surface area contributed by atoms with E-state index in [4.69, 9.17) is 14.6 Å². The van der Waals surface area contributed by atoms with E-state index in [1.54, 1.807) is 0 Å². The third kappa shape index (κ3) is 2.64. The Morgan fingerprint density at radius 3 is 2.59 bits per heavy atom. The van der Waals surface area contributed by atoms with E-state index in [2.05, 4.69) is 6.58 Å². The lowest BCUT2D eigenvalue weighted by Crippen LogP contribution is -2.31. The molecule has 6 heteroatoms. The number of hydrogen-bond acceptors (Lipinski definition) is 5. The lowest BCUT2D eigenvalue weighted by molar-refractivity contribution is -0.162. The van der Waals surface area contributed by atoms with Crippen LogP contribution in [-0.2, 0) is 23.9 Å². The van der Waals surface area contributed by atoms with E-state index in [-0.39, 0.29) is 19.6 Å². The van der Waals surface area contributed by atoms with Gasteiger partial charge in [0.15, 0.2) is 5.41 Å². The first-order valence-corrected chi connectivity index (χ1v) is 5.10. The first-order chi connectivity index (χ1) is 7.95. The maximum absolute atomic E-state index is 11.6. The van der Waals surface area contributed by atoms with Crippen molar-refractivity contribution in [2.75, 3.05) is 13.2 Å². The summed E-state index contributed by atoms with van der Waals surface area (Å²) in [6.45, 7) is 4.48. The largest absolute Gasteiger partial charge is 0.480 e. The van der Waals surface area contributed by atoms with Gasteiger partial charge in [-0.05, 0) is 6.42 Å². The molecule has 0 spiro atoms. The summed E-state index contributed by atoms with van der Waals surface area (Å²) in [5.74, 6) is -3.07. The highest BCUT2D eigenvalue weighted by molar-refractivity contribution is 6.03. The van der Waals surface area contributed by atoms with Crippen LogP contribution >= 0.6 is 0 Å². The monoisotopic (exact) mass is 242 g/mol. The SMILES string of the molecule is C=CCOC(=O)[C@]1(C(=O)O)C[C@H]1COC(C)=O. The summed E-state index contributed by atoms with van der Waals surface area (Å²) in [7, 11) is 0. The van der Waals surface area contributed by atoms with Gasteiger partial charge in [0, 0.05) is 12.8 Å². The lowest BCUT2D eigenvalue weighted by atomic mass is 10.1. The lowest BCUT2D eigenvalue weighted by Gasteiger charge is -2.11. The van der Waals surface area contributed by atoms with Crippen molar-refractivity contribution in [1.82, 2.24) is 0 Å². The van der Waals surface area contributed by atoms with E-state index >= 15 is 0 Å². The summed E-state index contributed by atoms with van der Waals surface area (Å²) >= 11 is 0. The van der Waals surface area contributed by atoms with Gasteiger partial charge in [0.2, 0.25) is 0 Å². The predicted octanol–water partition coefficient (Wildman–Crippen LogP) is 0.370. The number of rotatable bonds is 6. The molecular weight excluding hydrogens is 228 g/mol. The highest BCUT2D eigenvalue weighted by atomic mass is 16.5. The standard InChI is InChI=1S/C11H14O6/c1-3-4-16-10(15)11(9(13)14)5-8(11)6-17-7(2)12/h3,8H,1,4-6H2,2H3,(H,13,14)/t8-,11+/m0/s1. The topological polar surface area (TPSA) is 89.9 Å². The van der Waals surface area contributed by atoms with Crippen LogP contribution in [0.2, 0.25) is 0 Å². The maximum Gasteiger partial charge on any atom is 0.324 e. The molecule has 1 fully saturated rings. The van der Waals surface area contributed by atoms with Crippen molar-refractivity contribution in [2.45, 2.75) is 13.3 Å². The number of aliphatic carboxylic acids is 1. The van der Waals surface area contributed by atoms with Crippen molar-refractivity contribution in [2.24, 2.45) is 11.3 Å². The van der Waals surface area contributed by atoms with Crippen molar-refractivity contribution in [1.29, 1.82) is 0 Å². The average Bonchev–Trinajstić information content (AvgIpc) is 2.98. The molecule has 1 N–H and O–H groups in total. The van der Waals surface area contributed by atoms with Gasteiger partial charge < -0.3 is 14.6 Å². The van der Waals surface area contributed by atoms with Crippen LogP contribution in [0.1, 0.15) is 13.3 Å². The van der Waals surface area contributed by atoms with Crippen molar-refractivity contribution >= 4 is 17.9 Å². The molecular formula is C11H14O6.